The van der Waals surface area contributed by atoms with Crippen LogP contribution in [-0.2, 0) is 16.0 Å². The first kappa shape index (κ1) is 21.9. The molecule has 3 atom stereocenters. The van der Waals surface area contributed by atoms with Gasteiger partial charge in [0.05, 0.1) is 39.5 Å². The van der Waals surface area contributed by atoms with E-state index >= 15 is 0 Å². The maximum Gasteiger partial charge on any atom is 0.161 e. The van der Waals surface area contributed by atoms with Gasteiger partial charge in [0.25, 0.3) is 0 Å². The molecule has 0 aromatic heterocycles. The number of hydrogen-bond acceptors (Lipinski definition) is 4. The maximum absolute atomic E-state index is 9.11. The highest BCUT2D eigenvalue weighted by molar-refractivity contribution is 9.10. The summed E-state index contributed by atoms with van der Waals surface area (Å²) in [4.78, 5) is 0. The lowest BCUT2D eigenvalue weighted by Gasteiger charge is -2.60. The predicted molar refractivity (Wildman–Crippen MR) is 130 cm³/mol. The summed E-state index contributed by atoms with van der Waals surface area (Å²) in [5, 5.41) is 0. The van der Waals surface area contributed by atoms with Crippen LogP contribution in [0.4, 0.5) is 0 Å². The molecule has 7 heteroatoms. The Morgan fingerprint density at radius 1 is 1.15 bits per heavy atom. The molecule has 188 valence electrons. The van der Waals surface area contributed by atoms with Gasteiger partial charge < -0.3 is 40.4 Å². The van der Waals surface area contributed by atoms with Gasteiger partial charge in [-0.1, -0.05) is 29.8 Å². The number of quaternary nitrogens is 1. The van der Waals surface area contributed by atoms with Gasteiger partial charge in [-0.2, -0.15) is 0 Å². The van der Waals surface area contributed by atoms with Crippen molar-refractivity contribution in [1.82, 2.24) is 0 Å². The predicted octanol–water partition coefficient (Wildman–Crippen LogP) is 2.30. The Labute approximate surface area is 224 Å². The summed E-state index contributed by atoms with van der Waals surface area (Å²) in [5.74, 6) is 3.15. The van der Waals surface area contributed by atoms with E-state index in [1.54, 1.807) is 14.2 Å². The lowest BCUT2D eigenvalue weighted by Crippen LogP contribution is -3.00. The van der Waals surface area contributed by atoms with Gasteiger partial charge in [0.2, 0.25) is 0 Å². The van der Waals surface area contributed by atoms with E-state index in [0.29, 0.717) is 55.1 Å². The van der Waals surface area contributed by atoms with Gasteiger partial charge in [0.15, 0.2) is 11.5 Å². The van der Waals surface area contributed by atoms with Crippen LogP contribution in [0.5, 0.6) is 11.5 Å². The van der Waals surface area contributed by atoms with Crippen molar-refractivity contribution >= 4 is 15.9 Å². The molecule has 3 aliphatic carbocycles. The van der Waals surface area contributed by atoms with Crippen molar-refractivity contribution in [3.63, 3.8) is 0 Å². The van der Waals surface area contributed by atoms with Gasteiger partial charge in [0.1, 0.15) is 26.1 Å². The number of rotatable bonds is 10. The second-order valence-corrected chi connectivity index (χ2v) is 11.1. The van der Waals surface area contributed by atoms with Crippen LogP contribution in [0.2, 0.25) is 0 Å². The van der Waals surface area contributed by atoms with Crippen LogP contribution in [0, 0.1) is 23.2 Å². The topological polar surface area (TPSA) is 36.9 Å². The van der Waals surface area contributed by atoms with Crippen LogP contribution in [0.25, 0.3) is 0 Å². The fraction of sp³-hybridized carbons (Fsp3) is 0.769. The monoisotopic (exact) mass is 593 g/mol. The highest BCUT2D eigenvalue weighted by Gasteiger charge is 2.53. The Morgan fingerprint density at radius 2 is 1.85 bits per heavy atom. The van der Waals surface area contributed by atoms with E-state index in [0.717, 1.165) is 22.4 Å². The molecule has 5 nitrogen and oxygen atoms in total. The molecule has 1 aromatic carbocycles. The molecule has 3 saturated carbocycles. The minimum atomic E-state index is -2.46. The standard InChI is InChI=1S/C26H41BrNO4.BrH/c1-26(2)21-6-5-19(22(26)16-21)7-11-31-12-8-28(9-13-32-14-10-28)18-20-15-24(29-3)25(30-4)17-23(20)27;/h15,17,19,21-22H,5-14,16,18H2,1-4H3;1H/q+1;/p-1/t19-,21+,22+;/m1./s1/i8D2,12D2;. The zero-order valence-electron chi connectivity index (χ0n) is 24.3. The number of fused-ring (bicyclic) bond motifs is 2. The Bertz CT molecular complexity index is 941. The minimum absolute atomic E-state index is 0. The molecule has 0 radical (unpaired) electrons. The molecule has 0 amide bonds. The zero-order valence-corrected chi connectivity index (χ0v) is 23.5. The summed E-state index contributed by atoms with van der Waals surface area (Å²) in [7, 11) is 3.14. The Kier molecular flexibility index (Phi) is 7.70. The van der Waals surface area contributed by atoms with Gasteiger partial charge in [-0.3, -0.25) is 0 Å². The Hall–Kier alpha value is -0.340. The van der Waals surface area contributed by atoms with Crippen LogP contribution in [0.3, 0.4) is 0 Å². The number of morpholine rings is 1. The number of ether oxygens (including phenoxy) is 4. The van der Waals surface area contributed by atoms with Crippen molar-refractivity contribution in [2.75, 3.05) is 60.2 Å². The number of benzene rings is 1. The van der Waals surface area contributed by atoms with Crippen LogP contribution in [0.1, 0.15) is 50.6 Å². The molecular formula is C26H41Br2NO4. The first-order chi connectivity index (χ1) is 16.9. The molecular weight excluding hydrogens is 550 g/mol. The smallest absolute Gasteiger partial charge is 0.161 e. The van der Waals surface area contributed by atoms with E-state index in [9.17, 15) is 0 Å². The summed E-state index contributed by atoms with van der Waals surface area (Å²) in [6.45, 7) is 1.86. The molecule has 5 rings (SSSR count). The van der Waals surface area contributed by atoms with E-state index < -0.39 is 13.1 Å². The van der Waals surface area contributed by atoms with Gasteiger partial charge in [-0.25, -0.2) is 0 Å². The van der Waals surface area contributed by atoms with Crippen LogP contribution in [0.15, 0.2) is 16.6 Å². The fourth-order valence-electron chi connectivity index (χ4n) is 6.04. The van der Waals surface area contributed by atoms with E-state index in [2.05, 4.69) is 29.8 Å². The van der Waals surface area contributed by atoms with Crippen molar-refractivity contribution in [1.29, 1.82) is 0 Å². The molecule has 2 bridgehead atoms. The molecule has 1 heterocycles. The summed E-state index contributed by atoms with van der Waals surface area (Å²) < 4.78 is 58.6. The summed E-state index contributed by atoms with van der Waals surface area (Å²) >= 11 is 3.60. The van der Waals surface area contributed by atoms with E-state index in [4.69, 9.17) is 24.4 Å². The SMILES string of the molecule is [2H]C([2H])(OCC[C@H]1CC[C@H]2C[C@@H]1C2(C)C)C([2H])([2H])[N+]1(Cc2cc(OC)c(OC)cc2Br)CCOCC1.[Br-]. The molecule has 4 aliphatic rings. The molecule has 0 N–H and O–H groups in total. The summed E-state index contributed by atoms with van der Waals surface area (Å²) in [5.41, 5.74) is 1.19. The van der Waals surface area contributed by atoms with Crippen LogP contribution >= 0.6 is 15.9 Å². The largest absolute Gasteiger partial charge is 1.00 e. The van der Waals surface area contributed by atoms with Gasteiger partial charge >= 0.3 is 0 Å². The zero-order chi connectivity index (χ0) is 26.4. The highest BCUT2D eigenvalue weighted by Crippen LogP contribution is 2.61. The summed E-state index contributed by atoms with van der Waals surface area (Å²) in [6, 6.07) is 3.64. The van der Waals surface area contributed by atoms with Crippen LogP contribution < -0.4 is 26.5 Å². The van der Waals surface area contributed by atoms with Crippen molar-refractivity contribution in [2.24, 2.45) is 23.2 Å². The Morgan fingerprint density at radius 3 is 2.48 bits per heavy atom. The number of methoxy groups -OCH3 is 2. The third-order valence-corrected chi connectivity index (χ3v) is 9.04. The quantitative estimate of drug-likeness (QED) is 0.390. The van der Waals surface area contributed by atoms with Crippen molar-refractivity contribution in [3.05, 3.63) is 22.2 Å². The van der Waals surface area contributed by atoms with Gasteiger partial charge in [0, 0.05) is 16.6 Å². The van der Waals surface area contributed by atoms with Crippen molar-refractivity contribution < 1.29 is 45.9 Å². The minimum Gasteiger partial charge on any atom is -1.00 e. The molecule has 1 aromatic rings. The highest BCUT2D eigenvalue weighted by atomic mass is 79.9. The van der Waals surface area contributed by atoms with Gasteiger partial charge in [-0.05, 0) is 61.0 Å². The first-order valence-corrected chi connectivity index (χ1v) is 12.7. The maximum atomic E-state index is 9.11. The normalized spacial score (nSPS) is 29.9. The van der Waals surface area contributed by atoms with E-state index in [-0.39, 0.29) is 34.6 Å². The molecule has 33 heavy (non-hydrogen) atoms. The van der Waals surface area contributed by atoms with E-state index in [1.807, 2.05) is 12.1 Å². The molecule has 0 unspecified atom stereocenters. The van der Waals surface area contributed by atoms with Gasteiger partial charge in [-0.15, -0.1) is 0 Å². The average molecular weight is 595 g/mol. The van der Waals surface area contributed by atoms with Crippen LogP contribution in [-0.4, -0.2) is 64.7 Å². The second-order valence-electron chi connectivity index (χ2n) is 10.2. The first-order valence-electron chi connectivity index (χ1n) is 13.9. The molecule has 4 fully saturated rings. The Balaban J connectivity index is 0.00000380. The molecule has 1 saturated heterocycles. The summed E-state index contributed by atoms with van der Waals surface area (Å²) in [6.07, 6.45) is 4.46. The fourth-order valence-corrected chi connectivity index (χ4v) is 6.49. The third-order valence-electron chi connectivity index (χ3n) is 8.30. The average Bonchev–Trinajstić information content (AvgIpc) is 2.85. The number of nitrogens with zero attached hydrogens (tertiary/aromatic N) is 1. The number of halogens is 2. The molecule has 0 spiro atoms. The number of hydrogen-bond donors (Lipinski definition) is 0. The molecule has 1 aliphatic heterocycles. The van der Waals surface area contributed by atoms with Crippen molar-refractivity contribution in [3.8, 4) is 11.5 Å². The lowest BCUT2D eigenvalue weighted by atomic mass is 9.45. The van der Waals surface area contributed by atoms with Crippen molar-refractivity contribution in [2.45, 2.75) is 46.1 Å². The van der Waals surface area contributed by atoms with E-state index in [1.165, 1.54) is 19.3 Å². The third kappa shape index (κ3) is 5.91. The second kappa shape index (κ2) is 11.6. The lowest BCUT2D eigenvalue weighted by molar-refractivity contribution is -0.947.